The molecule has 0 N–H and O–H groups in total. The van der Waals surface area contributed by atoms with E-state index in [0.29, 0.717) is 12.1 Å². The maximum atomic E-state index is 12.9. The zero-order valence-electron chi connectivity index (χ0n) is 15.9. The van der Waals surface area contributed by atoms with Gasteiger partial charge in [-0.15, -0.1) is 0 Å². The second kappa shape index (κ2) is 8.65. The Kier molecular flexibility index (Phi) is 6.05. The fourth-order valence-corrected chi connectivity index (χ4v) is 3.38. The van der Waals surface area contributed by atoms with Gasteiger partial charge in [0.25, 0.3) is 0 Å². The first-order valence-corrected chi connectivity index (χ1v) is 9.29. The van der Waals surface area contributed by atoms with E-state index in [-0.39, 0.29) is 11.9 Å². The van der Waals surface area contributed by atoms with Crippen molar-refractivity contribution in [2.24, 2.45) is 0 Å². The number of piperazine rings is 1. The number of amides is 1. The van der Waals surface area contributed by atoms with E-state index in [1.165, 1.54) is 0 Å². The van der Waals surface area contributed by atoms with Crippen molar-refractivity contribution in [1.82, 2.24) is 9.88 Å². The summed E-state index contributed by atoms with van der Waals surface area (Å²) in [5, 5.41) is 9.05. The van der Waals surface area contributed by atoms with Gasteiger partial charge in [0.15, 0.2) is 0 Å². The highest BCUT2D eigenvalue weighted by atomic mass is 16.2. The Balaban J connectivity index is 1.59. The Morgan fingerprint density at radius 2 is 1.89 bits per heavy atom. The summed E-state index contributed by atoms with van der Waals surface area (Å²) in [7, 11) is 0. The molecule has 1 saturated heterocycles. The minimum atomic E-state index is 0.110. The van der Waals surface area contributed by atoms with Gasteiger partial charge in [0.05, 0.1) is 18.2 Å². The number of benzene rings is 1. The Bertz CT molecular complexity index is 807. The van der Waals surface area contributed by atoms with Crippen LogP contribution in [0.25, 0.3) is 0 Å². The highest BCUT2D eigenvalue weighted by Crippen LogP contribution is 2.18. The highest BCUT2D eigenvalue weighted by molar-refractivity contribution is 5.95. The third kappa shape index (κ3) is 4.63. The van der Waals surface area contributed by atoms with Crippen molar-refractivity contribution in [3.8, 4) is 6.07 Å². The number of pyridine rings is 1. The first-order chi connectivity index (χ1) is 13.1. The fraction of sp³-hybridized carbons (Fsp3) is 0.381. The minimum Gasteiger partial charge on any atom is -0.354 e. The van der Waals surface area contributed by atoms with E-state index in [9.17, 15) is 4.79 Å². The van der Waals surface area contributed by atoms with Gasteiger partial charge >= 0.3 is 0 Å². The van der Waals surface area contributed by atoms with E-state index >= 15 is 0 Å². The van der Waals surface area contributed by atoms with Gasteiger partial charge in [0.1, 0.15) is 5.82 Å². The van der Waals surface area contributed by atoms with Gasteiger partial charge in [-0.05, 0) is 38.1 Å². The van der Waals surface area contributed by atoms with E-state index in [1.54, 1.807) is 12.3 Å². The van der Waals surface area contributed by atoms with E-state index in [0.717, 1.165) is 37.7 Å². The van der Waals surface area contributed by atoms with Crippen LogP contribution in [0.2, 0.25) is 0 Å². The number of hydrogen-bond acceptors (Lipinski definition) is 5. The van der Waals surface area contributed by atoms with Crippen molar-refractivity contribution in [3.63, 3.8) is 0 Å². The lowest BCUT2D eigenvalue weighted by atomic mass is 10.2. The Morgan fingerprint density at radius 3 is 2.52 bits per heavy atom. The van der Waals surface area contributed by atoms with Crippen LogP contribution >= 0.6 is 0 Å². The zero-order valence-corrected chi connectivity index (χ0v) is 15.9. The van der Waals surface area contributed by atoms with Crippen molar-refractivity contribution in [2.75, 3.05) is 42.5 Å². The Hall–Kier alpha value is -2.91. The molecule has 2 heterocycles. The second-order valence-corrected chi connectivity index (χ2v) is 6.97. The molecular formula is C21H25N5O. The molecule has 1 aromatic carbocycles. The summed E-state index contributed by atoms with van der Waals surface area (Å²) in [6, 6.07) is 15.6. The molecule has 0 unspecified atom stereocenters. The number of hydrogen-bond donors (Lipinski definition) is 0. The predicted octanol–water partition coefficient (Wildman–Crippen LogP) is 2.52. The SMILES string of the molecule is CC(C)N(C(=O)CN1CCN(c2cc(C#N)ccn2)CC1)c1ccccc1. The van der Waals surface area contributed by atoms with Crippen LogP contribution in [-0.4, -0.2) is 54.6 Å². The third-order valence-electron chi connectivity index (χ3n) is 4.75. The molecule has 1 fully saturated rings. The molecule has 0 saturated carbocycles. The molecule has 140 valence electrons. The number of aromatic nitrogens is 1. The molecule has 0 spiro atoms. The van der Waals surface area contributed by atoms with Crippen LogP contribution in [0.3, 0.4) is 0 Å². The predicted molar refractivity (Wildman–Crippen MR) is 107 cm³/mol. The number of nitriles is 1. The lowest BCUT2D eigenvalue weighted by molar-refractivity contribution is -0.120. The molecule has 6 heteroatoms. The van der Waals surface area contributed by atoms with Crippen molar-refractivity contribution in [3.05, 3.63) is 54.2 Å². The van der Waals surface area contributed by atoms with Crippen LogP contribution in [0, 0.1) is 11.3 Å². The van der Waals surface area contributed by atoms with E-state index in [4.69, 9.17) is 5.26 Å². The van der Waals surface area contributed by atoms with Crippen LogP contribution in [0.4, 0.5) is 11.5 Å². The Labute approximate surface area is 160 Å². The van der Waals surface area contributed by atoms with Crippen LogP contribution in [0.1, 0.15) is 19.4 Å². The van der Waals surface area contributed by atoms with Gasteiger partial charge in [-0.3, -0.25) is 9.69 Å². The summed E-state index contributed by atoms with van der Waals surface area (Å²) in [6.45, 7) is 7.67. The molecule has 6 nitrogen and oxygen atoms in total. The van der Waals surface area contributed by atoms with Crippen LogP contribution in [0.15, 0.2) is 48.7 Å². The topological polar surface area (TPSA) is 63.5 Å². The normalized spacial score (nSPS) is 14.8. The third-order valence-corrected chi connectivity index (χ3v) is 4.75. The second-order valence-electron chi connectivity index (χ2n) is 6.97. The molecule has 3 rings (SSSR count). The maximum absolute atomic E-state index is 12.9. The van der Waals surface area contributed by atoms with Crippen LogP contribution in [-0.2, 0) is 4.79 Å². The molecule has 2 aromatic rings. The molecule has 1 aliphatic heterocycles. The maximum Gasteiger partial charge on any atom is 0.241 e. The fourth-order valence-electron chi connectivity index (χ4n) is 3.38. The van der Waals surface area contributed by atoms with Crippen molar-refractivity contribution in [2.45, 2.75) is 19.9 Å². The lowest BCUT2D eigenvalue weighted by Gasteiger charge is -2.36. The molecule has 1 amide bonds. The van der Waals surface area contributed by atoms with Gasteiger partial charge in [-0.2, -0.15) is 5.26 Å². The molecule has 0 aliphatic carbocycles. The minimum absolute atomic E-state index is 0.110. The van der Waals surface area contributed by atoms with Crippen molar-refractivity contribution in [1.29, 1.82) is 5.26 Å². The lowest BCUT2D eigenvalue weighted by Crippen LogP contribution is -2.51. The Morgan fingerprint density at radius 1 is 1.19 bits per heavy atom. The van der Waals surface area contributed by atoms with Crippen LogP contribution < -0.4 is 9.80 Å². The summed E-state index contributed by atoms with van der Waals surface area (Å²) < 4.78 is 0. The number of nitrogens with zero attached hydrogens (tertiary/aromatic N) is 5. The zero-order chi connectivity index (χ0) is 19.2. The summed E-state index contributed by atoms with van der Waals surface area (Å²) in [4.78, 5) is 23.5. The number of carbonyl (C=O) groups is 1. The standard InChI is InChI=1S/C21H25N5O/c1-17(2)26(19-6-4-3-5-7-19)21(27)16-24-10-12-25(13-11-24)20-14-18(15-22)8-9-23-20/h3-9,14,17H,10-13,16H2,1-2H3. The smallest absolute Gasteiger partial charge is 0.241 e. The molecule has 0 radical (unpaired) electrons. The summed E-state index contributed by atoms with van der Waals surface area (Å²) >= 11 is 0. The van der Waals surface area contributed by atoms with Crippen molar-refractivity contribution >= 4 is 17.4 Å². The average molecular weight is 363 g/mol. The van der Waals surface area contributed by atoms with Crippen LogP contribution in [0.5, 0.6) is 0 Å². The molecule has 0 bridgehead atoms. The largest absolute Gasteiger partial charge is 0.354 e. The molecule has 27 heavy (non-hydrogen) atoms. The van der Waals surface area contributed by atoms with Gasteiger partial charge in [0, 0.05) is 44.1 Å². The first kappa shape index (κ1) is 18.9. The van der Waals surface area contributed by atoms with Gasteiger partial charge in [-0.1, -0.05) is 18.2 Å². The summed E-state index contributed by atoms with van der Waals surface area (Å²) in [6.07, 6.45) is 1.67. The molecule has 1 aromatic heterocycles. The van der Waals surface area contributed by atoms with E-state index in [2.05, 4.69) is 20.9 Å². The average Bonchev–Trinajstić information content (AvgIpc) is 2.69. The number of anilines is 2. The first-order valence-electron chi connectivity index (χ1n) is 9.29. The molecular weight excluding hydrogens is 338 g/mol. The number of rotatable bonds is 5. The monoisotopic (exact) mass is 363 g/mol. The van der Waals surface area contributed by atoms with Gasteiger partial charge in [-0.25, -0.2) is 4.98 Å². The number of carbonyl (C=O) groups excluding carboxylic acids is 1. The molecule has 1 aliphatic rings. The van der Waals surface area contributed by atoms with E-state index < -0.39 is 0 Å². The van der Waals surface area contributed by atoms with Crippen molar-refractivity contribution < 1.29 is 4.79 Å². The number of para-hydroxylation sites is 1. The van der Waals surface area contributed by atoms with Gasteiger partial charge < -0.3 is 9.80 Å². The summed E-state index contributed by atoms with van der Waals surface area (Å²) in [5.74, 6) is 0.947. The quantitative estimate of drug-likeness (QED) is 0.817. The molecule has 0 atom stereocenters. The highest BCUT2D eigenvalue weighted by Gasteiger charge is 2.24. The summed E-state index contributed by atoms with van der Waals surface area (Å²) in [5.41, 5.74) is 1.56. The van der Waals surface area contributed by atoms with E-state index in [1.807, 2.05) is 55.1 Å². The van der Waals surface area contributed by atoms with Gasteiger partial charge in [0.2, 0.25) is 5.91 Å².